The molecule has 2 aromatic rings. The van der Waals surface area contributed by atoms with Crippen molar-refractivity contribution >= 4 is 22.5 Å². The van der Waals surface area contributed by atoms with Crippen molar-refractivity contribution in [2.24, 2.45) is 0 Å². The minimum absolute atomic E-state index is 0.00345. The molecule has 0 saturated carbocycles. The number of benzene rings is 2. The van der Waals surface area contributed by atoms with Gasteiger partial charge < -0.3 is 5.11 Å². The van der Waals surface area contributed by atoms with Gasteiger partial charge in [-0.2, -0.15) is 0 Å². The number of aliphatic carboxylic acids is 1. The number of hydrogen-bond donors (Lipinski definition) is 1. The van der Waals surface area contributed by atoms with Crippen molar-refractivity contribution in [2.45, 2.75) is 26.2 Å². The number of carboxylic acid groups (broad SMARTS) is 1. The van der Waals surface area contributed by atoms with Gasteiger partial charge in [0.05, 0.1) is 0 Å². The van der Waals surface area contributed by atoms with E-state index in [1.54, 1.807) is 0 Å². The molecule has 98 valence electrons. The van der Waals surface area contributed by atoms with E-state index in [-0.39, 0.29) is 18.6 Å². The van der Waals surface area contributed by atoms with E-state index < -0.39 is 5.97 Å². The van der Waals surface area contributed by atoms with Crippen molar-refractivity contribution in [2.75, 3.05) is 0 Å². The number of Topliss-reactive ketones (excluding diaryl/α,β-unsaturated/α-hetero) is 1. The molecule has 0 aliphatic heterocycles. The Bertz CT molecular complexity index is 629. The molecular weight excluding hydrogens is 240 g/mol. The molecule has 0 aliphatic carbocycles. The fourth-order valence-corrected chi connectivity index (χ4v) is 2.08. The highest BCUT2D eigenvalue weighted by atomic mass is 16.4. The van der Waals surface area contributed by atoms with E-state index in [4.69, 9.17) is 5.11 Å². The van der Waals surface area contributed by atoms with Crippen molar-refractivity contribution in [3.05, 3.63) is 47.5 Å². The highest BCUT2D eigenvalue weighted by Crippen LogP contribution is 2.19. The Morgan fingerprint density at radius 2 is 1.68 bits per heavy atom. The number of carboxylic acids is 1. The predicted octanol–water partition coefficient (Wildman–Crippen LogP) is 3.59. The maximum absolute atomic E-state index is 11.9. The highest BCUT2D eigenvalue weighted by Gasteiger charge is 2.08. The molecule has 0 aromatic heterocycles. The van der Waals surface area contributed by atoms with E-state index >= 15 is 0 Å². The lowest BCUT2D eigenvalue weighted by molar-refractivity contribution is -0.137. The van der Waals surface area contributed by atoms with Crippen LogP contribution in [-0.4, -0.2) is 16.9 Å². The van der Waals surface area contributed by atoms with Gasteiger partial charge in [-0.3, -0.25) is 9.59 Å². The Kier molecular flexibility index (Phi) is 3.95. The lowest BCUT2D eigenvalue weighted by Gasteiger charge is -2.04. The lowest BCUT2D eigenvalue weighted by atomic mass is 10.0. The van der Waals surface area contributed by atoms with E-state index in [0.29, 0.717) is 12.0 Å². The zero-order chi connectivity index (χ0) is 13.8. The molecule has 0 saturated heterocycles. The number of fused-ring (bicyclic) bond motifs is 1. The van der Waals surface area contributed by atoms with Gasteiger partial charge in [-0.05, 0) is 30.2 Å². The molecule has 1 N–H and O–H groups in total. The van der Waals surface area contributed by atoms with Gasteiger partial charge in [0.25, 0.3) is 0 Å². The Morgan fingerprint density at radius 1 is 1.00 bits per heavy atom. The zero-order valence-electron chi connectivity index (χ0n) is 10.8. The fourth-order valence-electron chi connectivity index (χ4n) is 2.08. The third-order valence-electron chi connectivity index (χ3n) is 3.11. The molecule has 0 radical (unpaired) electrons. The molecule has 0 spiro atoms. The van der Waals surface area contributed by atoms with Gasteiger partial charge in [-0.1, -0.05) is 35.9 Å². The second kappa shape index (κ2) is 5.65. The van der Waals surface area contributed by atoms with Crippen LogP contribution in [0.5, 0.6) is 0 Å². The maximum atomic E-state index is 11.9. The molecule has 0 heterocycles. The summed E-state index contributed by atoms with van der Waals surface area (Å²) in [5.41, 5.74) is 1.84. The van der Waals surface area contributed by atoms with Crippen molar-refractivity contribution in [3.63, 3.8) is 0 Å². The molecule has 3 nitrogen and oxygen atoms in total. The molecule has 2 aromatic carbocycles. The van der Waals surface area contributed by atoms with Gasteiger partial charge in [0.15, 0.2) is 5.78 Å². The van der Waals surface area contributed by atoms with Crippen LogP contribution in [0.25, 0.3) is 10.8 Å². The topological polar surface area (TPSA) is 54.4 Å². The minimum Gasteiger partial charge on any atom is -0.481 e. The van der Waals surface area contributed by atoms with Crippen LogP contribution in [0.3, 0.4) is 0 Å². The van der Waals surface area contributed by atoms with Gasteiger partial charge in [0.1, 0.15) is 0 Å². The van der Waals surface area contributed by atoms with Crippen LogP contribution in [0.4, 0.5) is 0 Å². The first-order valence-electron chi connectivity index (χ1n) is 6.32. The van der Waals surface area contributed by atoms with Gasteiger partial charge >= 0.3 is 5.97 Å². The van der Waals surface area contributed by atoms with Crippen molar-refractivity contribution in [1.29, 1.82) is 0 Å². The van der Waals surface area contributed by atoms with Gasteiger partial charge in [0.2, 0.25) is 0 Å². The largest absolute Gasteiger partial charge is 0.481 e. The highest BCUT2D eigenvalue weighted by molar-refractivity contribution is 6.00. The Morgan fingerprint density at radius 3 is 2.42 bits per heavy atom. The molecule has 0 bridgehead atoms. The van der Waals surface area contributed by atoms with Gasteiger partial charge in [0, 0.05) is 18.4 Å². The molecule has 0 atom stereocenters. The van der Waals surface area contributed by atoms with E-state index in [1.807, 2.05) is 37.3 Å². The summed E-state index contributed by atoms with van der Waals surface area (Å²) in [4.78, 5) is 22.4. The van der Waals surface area contributed by atoms with E-state index in [2.05, 4.69) is 6.07 Å². The van der Waals surface area contributed by atoms with Crippen LogP contribution in [0.15, 0.2) is 36.4 Å². The first kappa shape index (κ1) is 13.3. The quantitative estimate of drug-likeness (QED) is 0.832. The number of aryl methyl sites for hydroxylation is 1. The van der Waals surface area contributed by atoms with E-state index in [9.17, 15) is 9.59 Å². The number of rotatable bonds is 5. The number of hydrogen-bond acceptors (Lipinski definition) is 2. The Labute approximate surface area is 111 Å². The summed E-state index contributed by atoms with van der Waals surface area (Å²) in [6.07, 6.45) is 0.711. The number of carbonyl (C=O) groups is 2. The molecule has 2 rings (SSSR count). The molecular formula is C16H16O3. The molecule has 0 amide bonds. The number of ketones is 1. The van der Waals surface area contributed by atoms with Crippen LogP contribution in [0.1, 0.15) is 35.2 Å². The first-order valence-corrected chi connectivity index (χ1v) is 6.32. The maximum Gasteiger partial charge on any atom is 0.303 e. The molecule has 19 heavy (non-hydrogen) atoms. The molecule has 0 unspecified atom stereocenters. The summed E-state index contributed by atoms with van der Waals surface area (Å²) in [6, 6.07) is 11.7. The zero-order valence-corrected chi connectivity index (χ0v) is 10.8. The van der Waals surface area contributed by atoms with E-state index in [1.165, 1.54) is 5.56 Å². The lowest BCUT2D eigenvalue weighted by Crippen LogP contribution is -2.01. The number of carbonyl (C=O) groups excluding carboxylic acids is 1. The predicted molar refractivity (Wildman–Crippen MR) is 74.5 cm³/mol. The second-order valence-corrected chi connectivity index (χ2v) is 4.74. The van der Waals surface area contributed by atoms with Crippen molar-refractivity contribution in [3.8, 4) is 0 Å². The molecule has 3 heteroatoms. The standard InChI is InChI=1S/C16H16O3/c1-11-5-6-13-10-14(8-7-12(13)9-11)15(17)3-2-4-16(18)19/h5-10H,2-4H2,1H3,(H,18,19). The summed E-state index contributed by atoms with van der Waals surface area (Å²) in [6.45, 7) is 2.03. The smallest absolute Gasteiger partial charge is 0.303 e. The Balaban J connectivity index is 2.14. The average Bonchev–Trinajstić information content (AvgIpc) is 2.37. The van der Waals surface area contributed by atoms with Crippen LogP contribution in [-0.2, 0) is 4.79 Å². The second-order valence-electron chi connectivity index (χ2n) is 4.74. The van der Waals surface area contributed by atoms with Gasteiger partial charge in [-0.25, -0.2) is 0 Å². The summed E-state index contributed by atoms with van der Waals surface area (Å²) < 4.78 is 0. The summed E-state index contributed by atoms with van der Waals surface area (Å²) in [7, 11) is 0. The van der Waals surface area contributed by atoms with Crippen molar-refractivity contribution < 1.29 is 14.7 Å². The van der Waals surface area contributed by atoms with Crippen LogP contribution in [0, 0.1) is 6.92 Å². The van der Waals surface area contributed by atoms with Crippen LogP contribution >= 0.6 is 0 Å². The van der Waals surface area contributed by atoms with Crippen molar-refractivity contribution in [1.82, 2.24) is 0 Å². The van der Waals surface area contributed by atoms with Gasteiger partial charge in [-0.15, -0.1) is 0 Å². The summed E-state index contributed by atoms with van der Waals surface area (Å²) in [5, 5.41) is 10.7. The summed E-state index contributed by atoms with van der Waals surface area (Å²) in [5.74, 6) is -0.856. The van der Waals surface area contributed by atoms with Crippen LogP contribution in [0.2, 0.25) is 0 Å². The van der Waals surface area contributed by atoms with Crippen LogP contribution < -0.4 is 0 Å². The third kappa shape index (κ3) is 3.41. The summed E-state index contributed by atoms with van der Waals surface area (Å²) >= 11 is 0. The fraction of sp³-hybridized carbons (Fsp3) is 0.250. The normalized spacial score (nSPS) is 10.6. The van der Waals surface area contributed by atoms with E-state index in [0.717, 1.165) is 10.8 Å². The SMILES string of the molecule is Cc1ccc2cc(C(=O)CCCC(=O)O)ccc2c1. The first-order chi connectivity index (χ1) is 9.06. The monoisotopic (exact) mass is 256 g/mol. The average molecular weight is 256 g/mol. The molecule has 0 fully saturated rings. The minimum atomic E-state index is -0.859. The Hall–Kier alpha value is -2.16. The third-order valence-corrected chi connectivity index (χ3v) is 3.11. The molecule has 0 aliphatic rings.